The number of benzene rings is 2. The molecule has 4 aromatic rings. The lowest BCUT2D eigenvalue weighted by molar-refractivity contribution is -0.858. The third-order valence-corrected chi connectivity index (χ3v) is 8.36. The molecule has 0 aliphatic carbocycles. The second-order valence-corrected chi connectivity index (χ2v) is 14.4. The zero-order valence-corrected chi connectivity index (χ0v) is 35.4. The highest BCUT2D eigenvalue weighted by Gasteiger charge is 2.41. The molecular formula is C42H58N6O16. The van der Waals surface area contributed by atoms with Crippen LogP contribution in [0.1, 0.15) is 68.6 Å². The molecule has 3 atom stereocenters. The number of nitrogens with zero attached hydrogens (tertiary/aromatic N) is 5. The van der Waals surface area contributed by atoms with Gasteiger partial charge in [0, 0.05) is 53.5 Å². The van der Waals surface area contributed by atoms with Gasteiger partial charge in [0.2, 0.25) is 0 Å². The topological polar surface area (TPSA) is 329 Å². The van der Waals surface area contributed by atoms with Crippen LogP contribution in [0.3, 0.4) is 0 Å². The van der Waals surface area contributed by atoms with Crippen LogP contribution in [0.5, 0.6) is 0 Å². The molecule has 352 valence electrons. The van der Waals surface area contributed by atoms with Crippen molar-refractivity contribution < 1.29 is 92.2 Å². The highest BCUT2D eigenvalue weighted by atomic mass is 16.5. The fourth-order valence-electron chi connectivity index (χ4n) is 5.14. The normalized spacial score (nSPS) is 14.6. The zero-order chi connectivity index (χ0) is 53.6. The van der Waals surface area contributed by atoms with Crippen molar-refractivity contribution in [3.05, 3.63) is 108 Å². The molecule has 0 fully saturated rings. The number of aromatic nitrogens is 4. The Labute approximate surface area is 377 Å². The minimum absolute atomic E-state index is 0.441. The van der Waals surface area contributed by atoms with E-state index in [0.717, 1.165) is 33.6 Å². The maximum Gasteiger partial charge on any atom is 0.336 e. The summed E-state index contributed by atoms with van der Waals surface area (Å²) in [4.78, 5) is 64.1. The van der Waals surface area contributed by atoms with E-state index in [1.807, 2.05) is 93.8 Å². The van der Waals surface area contributed by atoms with Crippen molar-refractivity contribution in [2.24, 2.45) is 14.0 Å². The van der Waals surface area contributed by atoms with E-state index in [0.29, 0.717) is 24.6 Å². The Kier molecular flexibility index (Phi) is 19.5. The van der Waals surface area contributed by atoms with E-state index in [1.54, 1.807) is 12.1 Å². The number of rotatable bonds is 22. The lowest BCUT2D eigenvalue weighted by Crippen LogP contribution is -3.06. The molecule has 0 spiro atoms. The summed E-state index contributed by atoms with van der Waals surface area (Å²) in [6, 6.07) is 22.6. The van der Waals surface area contributed by atoms with E-state index in [9.17, 15) is 33.9 Å². The Morgan fingerprint density at radius 1 is 0.672 bits per heavy atom. The first kappa shape index (κ1) is 45.5. The number of aryl methyl sites for hydroxylation is 2. The standard InChI is InChI=1S/2C15H21N3O.2C6H8O7/c2*1-17(2)11-12-19-15(13-7-5-4-6-8-13)14-9-10-16-18(14)3;2*7-3(8)1-6(13,5(11)12)2-4(9)10/h2*4-10,15H,11-12H2,1-3H3;2*13H,1-2H2,(H,7,8)(H,9,10)(H,11,12)/i2*3D3;;. The van der Waals surface area contributed by atoms with Gasteiger partial charge in [-0.25, -0.2) is 9.59 Å². The average molecular weight is 909 g/mol. The summed E-state index contributed by atoms with van der Waals surface area (Å²) < 4.78 is 59.7. The highest BCUT2D eigenvalue weighted by Crippen LogP contribution is 2.26. The smallest absolute Gasteiger partial charge is 0.336 e. The van der Waals surface area contributed by atoms with E-state index < -0.39 is 98.9 Å². The van der Waals surface area contributed by atoms with E-state index in [-0.39, 0.29) is 0 Å². The van der Waals surface area contributed by atoms with Gasteiger partial charge in [0.15, 0.2) is 11.2 Å². The van der Waals surface area contributed by atoms with Crippen LogP contribution in [0.15, 0.2) is 85.2 Å². The van der Waals surface area contributed by atoms with E-state index in [4.69, 9.17) is 53.4 Å². The first-order valence-electron chi connectivity index (χ1n) is 22.0. The predicted octanol–water partition coefficient (Wildman–Crippen LogP) is -1.07. The zero-order valence-electron chi connectivity index (χ0n) is 41.4. The SMILES string of the molecule is O=C(O)CC(O)(CC(=O)O)C(=O)O.O=C([O-])CC(O)(CC(=O)O)C(=O)O.[2H]C([2H])([2H])n1nccc1C(OCCN(C)C)c1ccccc1.[2H]C([2H])([2H])n1nccc1C(OCC[NH+](C)C)c1ccccc1. The van der Waals surface area contributed by atoms with E-state index >= 15 is 0 Å². The Balaban J connectivity index is 0.000000483. The van der Waals surface area contributed by atoms with Crippen LogP contribution in [0.2, 0.25) is 0 Å². The third kappa shape index (κ3) is 20.5. The van der Waals surface area contributed by atoms with Crippen LogP contribution in [0, 0.1) is 0 Å². The molecule has 4 rings (SSSR count). The maximum absolute atomic E-state index is 10.3. The number of carbonyl (C=O) groups excluding carboxylic acids is 1. The quantitative estimate of drug-likeness (QED) is 0.0465. The molecule has 2 aromatic heterocycles. The molecule has 0 bridgehead atoms. The van der Waals surface area contributed by atoms with Crippen LogP contribution >= 0.6 is 0 Å². The largest absolute Gasteiger partial charge is 0.550 e. The van der Waals surface area contributed by atoms with Crippen LogP contribution in [0.4, 0.5) is 0 Å². The second-order valence-electron chi connectivity index (χ2n) is 14.4. The summed E-state index contributed by atoms with van der Waals surface area (Å²) in [6.07, 6.45) is -2.63. The Bertz CT molecular complexity index is 2090. The molecule has 2 heterocycles. The molecule has 0 aliphatic rings. The number of carboxylic acid groups (broad SMARTS) is 6. The van der Waals surface area contributed by atoms with Gasteiger partial charge in [0.05, 0.1) is 58.0 Å². The number of nitrogens with one attached hydrogen (secondary N) is 1. The number of aliphatic carboxylic acids is 6. The first-order valence-corrected chi connectivity index (χ1v) is 19.0. The summed E-state index contributed by atoms with van der Waals surface area (Å²) in [6.45, 7) is -2.01. The fraction of sp³-hybridized carbons (Fsp3) is 0.429. The van der Waals surface area contributed by atoms with Gasteiger partial charge < -0.3 is 64.9 Å². The molecule has 22 heteroatoms. The Hall–Kier alpha value is -6.56. The Morgan fingerprint density at radius 3 is 1.36 bits per heavy atom. The summed E-state index contributed by atoms with van der Waals surface area (Å²) in [5.41, 5.74) is -2.64. The number of ether oxygens (including phenoxy) is 2. The van der Waals surface area contributed by atoms with Crippen LogP contribution in [0.25, 0.3) is 0 Å². The lowest BCUT2D eigenvalue weighted by atomic mass is 9.96. The Morgan fingerprint density at radius 2 is 1.05 bits per heavy atom. The summed E-state index contributed by atoms with van der Waals surface area (Å²) >= 11 is 0. The number of aliphatic hydroxyl groups is 2. The van der Waals surface area contributed by atoms with Gasteiger partial charge in [-0.1, -0.05) is 60.7 Å². The first-order chi connectivity index (χ1) is 32.3. The number of hydrogen-bond donors (Lipinski definition) is 8. The monoisotopic (exact) mass is 908 g/mol. The van der Waals surface area contributed by atoms with Gasteiger partial charge in [0.25, 0.3) is 0 Å². The van der Waals surface area contributed by atoms with E-state index in [2.05, 4.69) is 10.2 Å². The second kappa shape index (κ2) is 27.5. The molecule has 0 saturated carbocycles. The molecule has 2 aromatic carbocycles. The summed E-state index contributed by atoms with van der Waals surface area (Å²) in [5, 5.41) is 77.2. The van der Waals surface area contributed by atoms with E-state index in [1.165, 1.54) is 17.3 Å². The molecule has 0 aliphatic heterocycles. The molecule has 22 nitrogen and oxygen atoms in total. The minimum atomic E-state index is -2.80. The van der Waals surface area contributed by atoms with Gasteiger partial charge in [-0.3, -0.25) is 23.7 Å². The van der Waals surface area contributed by atoms with Crippen molar-refractivity contribution >= 4 is 35.8 Å². The summed E-state index contributed by atoms with van der Waals surface area (Å²) in [5.74, 6) is -10.4. The van der Waals surface area contributed by atoms with Crippen molar-refractivity contribution in [2.75, 3.05) is 54.5 Å². The van der Waals surface area contributed by atoms with Crippen molar-refractivity contribution in [1.82, 2.24) is 24.5 Å². The average Bonchev–Trinajstić information content (AvgIpc) is 3.93. The molecule has 0 amide bonds. The number of carbonyl (C=O) groups is 6. The summed E-state index contributed by atoms with van der Waals surface area (Å²) in [7, 11) is 8.03. The van der Waals surface area contributed by atoms with Crippen molar-refractivity contribution in [1.29, 1.82) is 0 Å². The van der Waals surface area contributed by atoms with Crippen molar-refractivity contribution in [3.8, 4) is 0 Å². The van der Waals surface area contributed by atoms with Crippen LogP contribution in [-0.2, 0) is 52.2 Å². The molecule has 64 heavy (non-hydrogen) atoms. The number of carboxylic acids is 6. The van der Waals surface area contributed by atoms with Gasteiger partial charge in [-0.05, 0) is 37.4 Å². The van der Waals surface area contributed by atoms with Gasteiger partial charge in [-0.15, -0.1) is 0 Å². The fourth-order valence-corrected chi connectivity index (χ4v) is 5.14. The lowest BCUT2D eigenvalue weighted by Gasteiger charge is -2.21. The molecule has 0 radical (unpaired) electrons. The predicted molar refractivity (Wildman–Crippen MR) is 223 cm³/mol. The molecule has 3 unspecified atom stereocenters. The number of likely N-dealkylation sites (N-methyl/N-ethyl adjacent to an activating group) is 2. The highest BCUT2D eigenvalue weighted by molar-refractivity contribution is 5.88. The van der Waals surface area contributed by atoms with Crippen LogP contribution in [-0.4, -0.2) is 162 Å². The number of hydrogen-bond acceptors (Lipinski definition) is 14. The van der Waals surface area contributed by atoms with Gasteiger partial charge in [-0.2, -0.15) is 10.2 Å². The van der Waals surface area contributed by atoms with Crippen molar-refractivity contribution in [2.45, 2.75) is 49.1 Å². The maximum atomic E-state index is 10.3. The minimum Gasteiger partial charge on any atom is -0.550 e. The molecular weight excluding hydrogens is 844 g/mol. The number of quaternary nitrogens is 1. The third-order valence-electron chi connectivity index (χ3n) is 8.36. The van der Waals surface area contributed by atoms with Gasteiger partial charge >= 0.3 is 29.8 Å². The van der Waals surface area contributed by atoms with Crippen molar-refractivity contribution in [3.63, 3.8) is 0 Å². The molecule has 8 N–H and O–H groups in total. The van der Waals surface area contributed by atoms with Gasteiger partial charge in [0.1, 0.15) is 18.8 Å². The van der Waals surface area contributed by atoms with Crippen LogP contribution < -0.4 is 10.0 Å². The molecule has 0 saturated heterocycles.